The number of thiophene rings is 1. The Morgan fingerprint density at radius 2 is 2.00 bits per heavy atom. The molecule has 0 aliphatic carbocycles. The minimum atomic E-state index is -0.934. The van der Waals surface area contributed by atoms with Crippen molar-refractivity contribution < 1.29 is 8.63 Å². The monoisotopic (exact) mass is 331 g/mol. The second kappa shape index (κ2) is 7.03. The SMILES string of the molecule is Cc1oc(-c2cccs2)nc1CS(=O)CCc1ccccc1. The number of aryl methyl sites for hydroxylation is 2. The molecule has 3 aromatic rings. The van der Waals surface area contributed by atoms with Crippen molar-refractivity contribution in [3.8, 4) is 10.8 Å². The Labute approximate surface area is 136 Å². The van der Waals surface area contributed by atoms with E-state index in [0.29, 0.717) is 17.4 Å². The third kappa shape index (κ3) is 3.72. The summed E-state index contributed by atoms with van der Waals surface area (Å²) in [4.78, 5) is 5.50. The van der Waals surface area contributed by atoms with E-state index in [0.717, 1.165) is 22.8 Å². The standard InChI is InChI=1S/C17H17NO2S2/c1-13-15(18-17(20-13)16-8-5-10-21-16)12-22(19)11-9-14-6-3-2-4-7-14/h2-8,10H,9,11-12H2,1H3. The van der Waals surface area contributed by atoms with Crippen LogP contribution in [-0.2, 0) is 23.0 Å². The number of nitrogens with zero attached hydrogens (tertiary/aromatic N) is 1. The molecule has 1 aromatic carbocycles. The zero-order valence-electron chi connectivity index (χ0n) is 12.3. The molecule has 0 spiro atoms. The maximum absolute atomic E-state index is 12.3. The van der Waals surface area contributed by atoms with Crippen LogP contribution >= 0.6 is 11.3 Å². The Kier molecular flexibility index (Phi) is 4.85. The predicted octanol–water partition coefficient (Wildman–Crippen LogP) is 4.20. The van der Waals surface area contributed by atoms with Crippen molar-refractivity contribution >= 4 is 22.1 Å². The van der Waals surface area contributed by atoms with Gasteiger partial charge >= 0.3 is 0 Å². The van der Waals surface area contributed by atoms with E-state index in [1.165, 1.54) is 5.56 Å². The Morgan fingerprint density at radius 1 is 1.18 bits per heavy atom. The van der Waals surface area contributed by atoms with Gasteiger partial charge in [-0.15, -0.1) is 11.3 Å². The van der Waals surface area contributed by atoms with Crippen LogP contribution in [0.25, 0.3) is 10.8 Å². The molecule has 0 N–H and O–H groups in total. The molecule has 114 valence electrons. The summed E-state index contributed by atoms with van der Waals surface area (Å²) >= 11 is 1.59. The second-order valence-corrected chi connectivity index (χ2v) is 7.55. The molecular formula is C17H17NO2S2. The van der Waals surface area contributed by atoms with E-state index in [1.807, 2.05) is 42.6 Å². The first-order valence-corrected chi connectivity index (χ1v) is 9.48. The first-order valence-electron chi connectivity index (χ1n) is 7.11. The van der Waals surface area contributed by atoms with Crippen LogP contribution in [0.4, 0.5) is 0 Å². The quantitative estimate of drug-likeness (QED) is 0.680. The highest BCUT2D eigenvalue weighted by atomic mass is 32.2. The molecule has 1 unspecified atom stereocenters. The van der Waals surface area contributed by atoms with Gasteiger partial charge in [-0.25, -0.2) is 4.98 Å². The predicted molar refractivity (Wildman–Crippen MR) is 91.4 cm³/mol. The number of benzene rings is 1. The van der Waals surface area contributed by atoms with Crippen molar-refractivity contribution in [3.63, 3.8) is 0 Å². The molecule has 5 heteroatoms. The van der Waals surface area contributed by atoms with Gasteiger partial charge in [0.2, 0.25) is 5.89 Å². The zero-order chi connectivity index (χ0) is 15.4. The van der Waals surface area contributed by atoms with Crippen molar-refractivity contribution in [1.29, 1.82) is 0 Å². The lowest BCUT2D eigenvalue weighted by atomic mass is 10.2. The van der Waals surface area contributed by atoms with Crippen LogP contribution in [0.1, 0.15) is 17.0 Å². The molecule has 0 saturated carbocycles. The molecule has 22 heavy (non-hydrogen) atoms. The summed E-state index contributed by atoms with van der Waals surface area (Å²) in [5, 5.41) is 1.99. The minimum absolute atomic E-state index is 0.452. The Morgan fingerprint density at radius 3 is 2.73 bits per heavy atom. The van der Waals surface area contributed by atoms with Crippen molar-refractivity contribution in [2.24, 2.45) is 0 Å². The van der Waals surface area contributed by atoms with Crippen LogP contribution in [0, 0.1) is 6.92 Å². The van der Waals surface area contributed by atoms with E-state index in [9.17, 15) is 4.21 Å². The molecule has 0 fully saturated rings. The summed E-state index contributed by atoms with van der Waals surface area (Å²) < 4.78 is 18.0. The highest BCUT2D eigenvalue weighted by molar-refractivity contribution is 7.84. The molecule has 0 saturated heterocycles. The number of oxazole rings is 1. The molecule has 2 aromatic heterocycles. The molecule has 0 aliphatic heterocycles. The molecule has 1 atom stereocenters. The number of hydrogen-bond acceptors (Lipinski definition) is 4. The highest BCUT2D eigenvalue weighted by Gasteiger charge is 2.14. The van der Waals surface area contributed by atoms with Crippen LogP contribution in [0.2, 0.25) is 0 Å². The second-order valence-electron chi connectivity index (χ2n) is 5.02. The lowest BCUT2D eigenvalue weighted by Gasteiger charge is -2.01. The van der Waals surface area contributed by atoms with E-state index in [4.69, 9.17) is 4.42 Å². The molecular weight excluding hydrogens is 314 g/mol. The molecule has 0 radical (unpaired) electrons. The van der Waals surface area contributed by atoms with E-state index in [-0.39, 0.29) is 0 Å². The summed E-state index contributed by atoms with van der Waals surface area (Å²) in [6.45, 7) is 1.88. The Bertz CT molecular complexity index is 748. The fourth-order valence-electron chi connectivity index (χ4n) is 2.17. The number of hydrogen-bond donors (Lipinski definition) is 0. The third-order valence-electron chi connectivity index (χ3n) is 3.38. The minimum Gasteiger partial charge on any atom is -0.440 e. The van der Waals surface area contributed by atoms with Crippen molar-refractivity contribution in [1.82, 2.24) is 4.98 Å². The normalized spacial score (nSPS) is 12.4. The highest BCUT2D eigenvalue weighted by Crippen LogP contribution is 2.26. The summed E-state index contributed by atoms with van der Waals surface area (Å²) in [6, 6.07) is 14.1. The summed E-state index contributed by atoms with van der Waals surface area (Å²) in [7, 11) is -0.934. The Balaban J connectivity index is 1.62. The van der Waals surface area contributed by atoms with Gasteiger partial charge in [0.1, 0.15) is 5.76 Å². The van der Waals surface area contributed by atoms with Gasteiger partial charge in [-0.2, -0.15) is 0 Å². The average Bonchev–Trinajstić information content (AvgIpc) is 3.17. The first kappa shape index (κ1) is 15.2. The first-order chi connectivity index (χ1) is 10.7. The zero-order valence-corrected chi connectivity index (χ0v) is 14.0. The van der Waals surface area contributed by atoms with E-state index < -0.39 is 10.8 Å². The van der Waals surface area contributed by atoms with Crippen LogP contribution in [0.15, 0.2) is 52.3 Å². The summed E-state index contributed by atoms with van der Waals surface area (Å²) in [6.07, 6.45) is 0.822. The van der Waals surface area contributed by atoms with Gasteiger partial charge in [0.15, 0.2) is 0 Å². The molecule has 3 rings (SSSR count). The fourth-order valence-corrected chi connectivity index (χ4v) is 4.00. The van der Waals surface area contributed by atoms with Crippen molar-refractivity contribution in [2.75, 3.05) is 5.75 Å². The lowest BCUT2D eigenvalue weighted by Crippen LogP contribution is -2.05. The number of aromatic nitrogens is 1. The maximum atomic E-state index is 12.3. The van der Waals surface area contributed by atoms with Gasteiger partial charge < -0.3 is 4.42 Å². The van der Waals surface area contributed by atoms with E-state index in [2.05, 4.69) is 17.1 Å². The van der Waals surface area contributed by atoms with Gasteiger partial charge in [-0.05, 0) is 30.4 Å². The van der Waals surface area contributed by atoms with Gasteiger partial charge in [0.05, 0.1) is 16.3 Å². The largest absolute Gasteiger partial charge is 0.440 e. The molecule has 0 bridgehead atoms. The Hall–Kier alpha value is -1.72. The van der Waals surface area contributed by atoms with Gasteiger partial charge in [-0.3, -0.25) is 4.21 Å². The van der Waals surface area contributed by atoms with Crippen molar-refractivity contribution in [3.05, 3.63) is 64.9 Å². The van der Waals surface area contributed by atoms with Gasteiger partial charge in [0, 0.05) is 16.6 Å². The third-order valence-corrected chi connectivity index (χ3v) is 5.50. The average molecular weight is 331 g/mol. The number of rotatable bonds is 6. The van der Waals surface area contributed by atoms with Crippen LogP contribution in [-0.4, -0.2) is 14.9 Å². The summed E-state index contributed by atoms with van der Waals surface area (Å²) in [5.41, 5.74) is 2.02. The smallest absolute Gasteiger partial charge is 0.236 e. The lowest BCUT2D eigenvalue weighted by molar-refractivity contribution is 0.541. The molecule has 2 heterocycles. The van der Waals surface area contributed by atoms with E-state index >= 15 is 0 Å². The molecule has 0 amide bonds. The van der Waals surface area contributed by atoms with Crippen LogP contribution in [0.3, 0.4) is 0 Å². The maximum Gasteiger partial charge on any atom is 0.236 e. The topological polar surface area (TPSA) is 43.1 Å². The van der Waals surface area contributed by atoms with Crippen LogP contribution < -0.4 is 0 Å². The molecule has 0 aliphatic rings. The summed E-state index contributed by atoms with van der Waals surface area (Å²) in [5.74, 6) is 2.48. The van der Waals surface area contributed by atoms with Crippen molar-refractivity contribution in [2.45, 2.75) is 19.1 Å². The van der Waals surface area contributed by atoms with Gasteiger partial charge in [-0.1, -0.05) is 36.4 Å². The fraction of sp³-hybridized carbons (Fsp3) is 0.235. The molecule has 3 nitrogen and oxygen atoms in total. The van der Waals surface area contributed by atoms with E-state index in [1.54, 1.807) is 11.3 Å². The van der Waals surface area contributed by atoms with Gasteiger partial charge in [0.25, 0.3) is 0 Å². The van der Waals surface area contributed by atoms with Crippen LogP contribution in [0.5, 0.6) is 0 Å².